The Bertz CT molecular complexity index is 339. The van der Waals surface area contributed by atoms with Crippen molar-refractivity contribution in [1.82, 2.24) is 9.80 Å². The Labute approximate surface area is 109 Å². The SMILES string of the molecule is CC(C)N1C(=O)C(CCC(=O)O)N(C)CC1(C)C. The smallest absolute Gasteiger partial charge is 0.303 e. The monoisotopic (exact) mass is 256 g/mol. The zero-order valence-electron chi connectivity index (χ0n) is 11.9. The summed E-state index contributed by atoms with van der Waals surface area (Å²) >= 11 is 0. The van der Waals surface area contributed by atoms with Crippen molar-refractivity contribution in [1.29, 1.82) is 0 Å². The fourth-order valence-electron chi connectivity index (χ4n) is 3.00. The van der Waals surface area contributed by atoms with E-state index in [-0.39, 0.29) is 30.0 Å². The van der Waals surface area contributed by atoms with Crippen LogP contribution < -0.4 is 0 Å². The van der Waals surface area contributed by atoms with E-state index in [0.29, 0.717) is 6.42 Å². The van der Waals surface area contributed by atoms with Crippen molar-refractivity contribution >= 4 is 11.9 Å². The molecule has 1 aliphatic heterocycles. The highest BCUT2D eigenvalue weighted by atomic mass is 16.4. The van der Waals surface area contributed by atoms with Crippen LogP contribution >= 0.6 is 0 Å². The van der Waals surface area contributed by atoms with Crippen LogP contribution in [0.5, 0.6) is 0 Å². The molecular weight excluding hydrogens is 232 g/mol. The minimum atomic E-state index is -0.850. The van der Waals surface area contributed by atoms with Gasteiger partial charge in [-0.15, -0.1) is 0 Å². The van der Waals surface area contributed by atoms with Gasteiger partial charge in [0.15, 0.2) is 0 Å². The zero-order valence-corrected chi connectivity index (χ0v) is 11.9. The maximum Gasteiger partial charge on any atom is 0.303 e. The first-order valence-corrected chi connectivity index (χ1v) is 6.42. The molecule has 18 heavy (non-hydrogen) atoms. The van der Waals surface area contributed by atoms with Crippen LogP contribution in [0.4, 0.5) is 0 Å². The summed E-state index contributed by atoms with van der Waals surface area (Å²) in [6, 6.07) is -0.176. The molecule has 104 valence electrons. The first kappa shape index (κ1) is 15.0. The number of likely N-dealkylation sites (N-methyl/N-ethyl adjacent to an activating group) is 1. The second-order valence-electron chi connectivity index (χ2n) is 5.98. The molecule has 0 saturated carbocycles. The molecule has 1 rings (SSSR count). The molecule has 0 spiro atoms. The summed E-state index contributed by atoms with van der Waals surface area (Å²) in [6.45, 7) is 8.86. The van der Waals surface area contributed by atoms with Gasteiger partial charge >= 0.3 is 5.97 Å². The second-order valence-corrected chi connectivity index (χ2v) is 5.98. The number of hydrogen-bond acceptors (Lipinski definition) is 3. The Morgan fingerprint density at radius 1 is 1.50 bits per heavy atom. The van der Waals surface area contributed by atoms with Gasteiger partial charge < -0.3 is 10.0 Å². The number of rotatable bonds is 4. The van der Waals surface area contributed by atoms with Gasteiger partial charge in [-0.05, 0) is 41.2 Å². The summed E-state index contributed by atoms with van der Waals surface area (Å²) in [5.74, 6) is -0.804. The topological polar surface area (TPSA) is 60.9 Å². The number of carbonyl (C=O) groups excluding carboxylic acids is 1. The lowest BCUT2D eigenvalue weighted by molar-refractivity contribution is -0.154. The lowest BCUT2D eigenvalue weighted by Gasteiger charge is -2.51. The van der Waals surface area contributed by atoms with Gasteiger partial charge in [0.1, 0.15) is 0 Å². The molecule has 0 bridgehead atoms. The van der Waals surface area contributed by atoms with E-state index in [1.165, 1.54) is 0 Å². The number of amides is 1. The molecule has 0 aromatic heterocycles. The normalized spacial score (nSPS) is 24.7. The molecule has 0 aromatic rings. The summed E-state index contributed by atoms with van der Waals surface area (Å²) in [5, 5.41) is 8.75. The van der Waals surface area contributed by atoms with E-state index in [0.717, 1.165) is 6.54 Å². The van der Waals surface area contributed by atoms with Gasteiger partial charge in [0.25, 0.3) is 0 Å². The molecular formula is C13H24N2O3. The average Bonchev–Trinajstić information content (AvgIpc) is 2.13. The van der Waals surface area contributed by atoms with E-state index in [2.05, 4.69) is 13.8 Å². The number of nitrogens with zero attached hydrogens (tertiary/aromatic N) is 2. The summed E-state index contributed by atoms with van der Waals surface area (Å²) < 4.78 is 0. The number of carboxylic acids is 1. The van der Waals surface area contributed by atoms with Gasteiger partial charge in [-0.2, -0.15) is 0 Å². The Morgan fingerprint density at radius 2 is 2.06 bits per heavy atom. The van der Waals surface area contributed by atoms with Crippen molar-refractivity contribution in [3.63, 3.8) is 0 Å². The number of hydrogen-bond donors (Lipinski definition) is 1. The van der Waals surface area contributed by atoms with Gasteiger partial charge in [-0.1, -0.05) is 0 Å². The van der Waals surface area contributed by atoms with Crippen LogP contribution in [-0.2, 0) is 9.59 Å². The third-order valence-electron chi connectivity index (χ3n) is 3.49. The fourth-order valence-corrected chi connectivity index (χ4v) is 3.00. The minimum Gasteiger partial charge on any atom is -0.481 e. The third-order valence-corrected chi connectivity index (χ3v) is 3.49. The number of carboxylic acid groups (broad SMARTS) is 1. The Morgan fingerprint density at radius 3 is 2.50 bits per heavy atom. The Hall–Kier alpha value is -1.10. The molecule has 0 aliphatic carbocycles. The third kappa shape index (κ3) is 3.02. The summed E-state index contributed by atoms with van der Waals surface area (Å²) in [4.78, 5) is 27.0. The van der Waals surface area contributed by atoms with Crippen LogP contribution in [0.1, 0.15) is 40.5 Å². The Balaban J connectivity index is 2.88. The lowest BCUT2D eigenvalue weighted by Crippen LogP contribution is -2.67. The van der Waals surface area contributed by atoms with E-state index in [4.69, 9.17) is 5.11 Å². The van der Waals surface area contributed by atoms with Gasteiger partial charge in [0.05, 0.1) is 11.6 Å². The van der Waals surface area contributed by atoms with Crippen LogP contribution in [0.25, 0.3) is 0 Å². The summed E-state index contributed by atoms with van der Waals surface area (Å²) in [5.41, 5.74) is -0.209. The highest BCUT2D eigenvalue weighted by Crippen LogP contribution is 2.28. The molecule has 1 saturated heterocycles. The standard InChI is InChI=1S/C13H24N2O3/c1-9(2)15-12(18)10(6-7-11(16)17)14(5)8-13(15,3)4/h9-10H,6-8H2,1-5H3,(H,16,17). The first-order chi connectivity index (χ1) is 8.16. The average molecular weight is 256 g/mol. The number of aliphatic carboxylic acids is 1. The minimum absolute atomic E-state index is 0.0348. The molecule has 1 fully saturated rings. The first-order valence-electron chi connectivity index (χ1n) is 6.42. The molecule has 1 amide bonds. The predicted molar refractivity (Wildman–Crippen MR) is 69.3 cm³/mol. The van der Waals surface area contributed by atoms with E-state index in [1.54, 1.807) is 0 Å². The van der Waals surface area contributed by atoms with Gasteiger partial charge in [-0.3, -0.25) is 14.5 Å². The molecule has 0 aromatic carbocycles. The van der Waals surface area contributed by atoms with Crippen molar-refractivity contribution in [2.75, 3.05) is 13.6 Å². The van der Waals surface area contributed by atoms with Crippen molar-refractivity contribution < 1.29 is 14.7 Å². The van der Waals surface area contributed by atoms with Crippen LogP contribution in [-0.4, -0.2) is 58.0 Å². The zero-order chi connectivity index (χ0) is 14.1. The van der Waals surface area contributed by atoms with Gasteiger partial charge in [0, 0.05) is 19.0 Å². The number of carbonyl (C=O) groups is 2. The van der Waals surface area contributed by atoms with Crippen LogP contribution in [0.15, 0.2) is 0 Å². The number of piperazine rings is 1. The molecule has 0 radical (unpaired) electrons. The maximum atomic E-state index is 12.5. The van der Waals surface area contributed by atoms with Gasteiger partial charge in [-0.25, -0.2) is 0 Å². The lowest BCUT2D eigenvalue weighted by atomic mass is 9.92. The van der Waals surface area contributed by atoms with Crippen molar-refractivity contribution in [3.05, 3.63) is 0 Å². The van der Waals surface area contributed by atoms with E-state index < -0.39 is 5.97 Å². The second kappa shape index (κ2) is 5.26. The molecule has 1 unspecified atom stereocenters. The highest BCUT2D eigenvalue weighted by Gasteiger charge is 2.44. The Kier molecular flexibility index (Phi) is 4.37. The molecule has 5 heteroatoms. The molecule has 5 nitrogen and oxygen atoms in total. The van der Waals surface area contributed by atoms with Crippen molar-refractivity contribution in [2.24, 2.45) is 0 Å². The van der Waals surface area contributed by atoms with E-state index in [9.17, 15) is 9.59 Å². The van der Waals surface area contributed by atoms with Gasteiger partial charge in [0.2, 0.25) is 5.91 Å². The van der Waals surface area contributed by atoms with E-state index in [1.807, 2.05) is 30.7 Å². The summed E-state index contributed by atoms with van der Waals surface area (Å²) in [6.07, 6.45) is 0.414. The largest absolute Gasteiger partial charge is 0.481 e. The summed E-state index contributed by atoms with van der Waals surface area (Å²) in [7, 11) is 1.89. The van der Waals surface area contributed by atoms with E-state index >= 15 is 0 Å². The molecule has 1 aliphatic rings. The molecule has 1 heterocycles. The molecule has 1 atom stereocenters. The van der Waals surface area contributed by atoms with Crippen LogP contribution in [0, 0.1) is 0 Å². The predicted octanol–water partition coefficient (Wildman–Crippen LogP) is 1.18. The molecule has 1 N–H and O–H groups in total. The quantitative estimate of drug-likeness (QED) is 0.820. The van der Waals surface area contributed by atoms with Crippen molar-refractivity contribution in [3.8, 4) is 0 Å². The highest BCUT2D eigenvalue weighted by molar-refractivity contribution is 5.84. The van der Waals surface area contributed by atoms with Crippen LogP contribution in [0.3, 0.4) is 0 Å². The fraction of sp³-hybridized carbons (Fsp3) is 0.846. The maximum absolute atomic E-state index is 12.5. The van der Waals surface area contributed by atoms with Crippen molar-refractivity contribution in [2.45, 2.75) is 58.2 Å². The van der Waals surface area contributed by atoms with Crippen LogP contribution in [0.2, 0.25) is 0 Å².